The molecule has 0 saturated heterocycles. The number of aromatic nitrogens is 3. The lowest BCUT2D eigenvalue weighted by Crippen LogP contribution is -2.35. The van der Waals surface area contributed by atoms with E-state index in [2.05, 4.69) is 15.5 Å². The lowest BCUT2D eigenvalue weighted by atomic mass is 10.2. The molecule has 4 rings (SSSR count). The molecule has 0 aliphatic carbocycles. The van der Waals surface area contributed by atoms with E-state index in [-0.39, 0.29) is 5.91 Å². The molecule has 28 heavy (non-hydrogen) atoms. The number of carbonyl (C=O) groups is 1. The third-order valence-corrected chi connectivity index (χ3v) is 4.42. The highest BCUT2D eigenvalue weighted by atomic mass is 16.5. The molecule has 0 radical (unpaired) electrons. The quantitative estimate of drug-likeness (QED) is 0.553. The summed E-state index contributed by atoms with van der Waals surface area (Å²) in [5.74, 6) is 0.0828. The predicted molar refractivity (Wildman–Crippen MR) is 102 cm³/mol. The van der Waals surface area contributed by atoms with Gasteiger partial charge in [-0.2, -0.15) is 4.98 Å². The molecule has 2 aromatic carbocycles. The maximum atomic E-state index is 12.5. The van der Waals surface area contributed by atoms with Gasteiger partial charge in [-0.1, -0.05) is 35.5 Å². The Hall–Kier alpha value is -3.68. The molecule has 142 valence electrons. The number of benzene rings is 2. The summed E-state index contributed by atoms with van der Waals surface area (Å²) in [4.78, 5) is 28.9. The summed E-state index contributed by atoms with van der Waals surface area (Å²) < 4.78 is 11.8. The van der Waals surface area contributed by atoms with Crippen molar-refractivity contribution in [1.29, 1.82) is 0 Å². The second-order valence-electron chi connectivity index (χ2n) is 6.30. The molecule has 0 aliphatic rings. The normalized spacial score (nSPS) is 12.2. The van der Waals surface area contributed by atoms with Gasteiger partial charge in [0.2, 0.25) is 5.91 Å². The van der Waals surface area contributed by atoms with E-state index in [4.69, 9.17) is 8.94 Å². The van der Waals surface area contributed by atoms with Crippen molar-refractivity contribution in [3.8, 4) is 11.5 Å². The Kier molecular flexibility index (Phi) is 4.76. The first-order valence-electron chi connectivity index (χ1n) is 8.89. The minimum atomic E-state index is -0.707. The van der Waals surface area contributed by atoms with Crippen LogP contribution >= 0.6 is 0 Å². The Bertz CT molecular complexity index is 1160. The molecule has 1 N–H and O–H groups in total. The zero-order chi connectivity index (χ0) is 19.5. The Morgan fingerprint density at radius 1 is 1.14 bits per heavy atom. The molecule has 1 amide bonds. The van der Waals surface area contributed by atoms with Crippen LogP contribution in [0.3, 0.4) is 0 Å². The van der Waals surface area contributed by atoms with Gasteiger partial charge in [0, 0.05) is 18.5 Å². The molecule has 4 aromatic rings. The summed E-state index contributed by atoms with van der Waals surface area (Å²) in [7, 11) is 0. The standard InChI is InChI=1S/C20H18N4O4/c1-13(24-15-9-5-6-10-16(15)27-20(24)26)18(25)21-12-11-17-22-19(28-23-17)14-7-3-2-4-8-14/h2-10,13H,11-12H2,1H3,(H,21,25)/t13-/m0/s1. The van der Waals surface area contributed by atoms with Gasteiger partial charge in [0.15, 0.2) is 11.4 Å². The van der Waals surface area contributed by atoms with Gasteiger partial charge in [-0.15, -0.1) is 0 Å². The molecule has 2 heterocycles. The number of rotatable bonds is 6. The maximum absolute atomic E-state index is 12.5. The lowest BCUT2D eigenvalue weighted by molar-refractivity contribution is -0.123. The molecule has 8 heteroatoms. The van der Waals surface area contributed by atoms with Gasteiger partial charge >= 0.3 is 5.76 Å². The summed E-state index contributed by atoms with van der Waals surface area (Å²) in [6, 6.07) is 15.8. The number of oxazole rings is 1. The first kappa shape index (κ1) is 17.7. The van der Waals surface area contributed by atoms with Crippen molar-refractivity contribution < 1.29 is 13.7 Å². The Morgan fingerprint density at radius 3 is 2.71 bits per heavy atom. The van der Waals surface area contributed by atoms with Crippen LogP contribution in [0.5, 0.6) is 0 Å². The van der Waals surface area contributed by atoms with Gasteiger partial charge in [-0.3, -0.25) is 9.36 Å². The molecule has 0 aliphatic heterocycles. The van der Waals surface area contributed by atoms with Crippen LogP contribution < -0.4 is 11.1 Å². The lowest BCUT2D eigenvalue weighted by Gasteiger charge is -2.12. The minimum absolute atomic E-state index is 0.291. The van der Waals surface area contributed by atoms with Crippen molar-refractivity contribution in [2.45, 2.75) is 19.4 Å². The molecular weight excluding hydrogens is 360 g/mol. The van der Waals surface area contributed by atoms with Crippen LogP contribution in [0, 0.1) is 0 Å². The molecule has 0 bridgehead atoms. The molecule has 0 saturated carbocycles. The fourth-order valence-corrected chi connectivity index (χ4v) is 2.97. The number of para-hydroxylation sites is 2. The van der Waals surface area contributed by atoms with Gasteiger partial charge in [0.05, 0.1) is 5.52 Å². The second kappa shape index (κ2) is 7.51. The van der Waals surface area contributed by atoms with E-state index in [1.807, 2.05) is 30.3 Å². The minimum Gasteiger partial charge on any atom is -0.408 e. The fraction of sp³-hybridized carbons (Fsp3) is 0.200. The van der Waals surface area contributed by atoms with Crippen molar-refractivity contribution in [3.63, 3.8) is 0 Å². The predicted octanol–water partition coefficient (Wildman–Crippen LogP) is 2.56. The third-order valence-electron chi connectivity index (χ3n) is 4.42. The number of nitrogens with one attached hydrogen (secondary N) is 1. The maximum Gasteiger partial charge on any atom is 0.420 e. The van der Waals surface area contributed by atoms with Gasteiger partial charge in [-0.05, 0) is 31.2 Å². The van der Waals surface area contributed by atoms with E-state index < -0.39 is 11.8 Å². The van der Waals surface area contributed by atoms with Crippen molar-refractivity contribution >= 4 is 17.0 Å². The Morgan fingerprint density at radius 2 is 1.89 bits per heavy atom. The van der Waals surface area contributed by atoms with E-state index >= 15 is 0 Å². The van der Waals surface area contributed by atoms with Crippen molar-refractivity contribution in [2.24, 2.45) is 0 Å². The largest absolute Gasteiger partial charge is 0.420 e. The molecule has 1 atom stereocenters. The zero-order valence-corrected chi connectivity index (χ0v) is 15.2. The monoisotopic (exact) mass is 378 g/mol. The number of carbonyl (C=O) groups excluding carboxylic acids is 1. The number of fused-ring (bicyclic) bond motifs is 1. The van der Waals surface area contributed by atoms with E-state index in [0.717, 1.165) is 5.56 Å². The van der Waals surface area contributed by atoms with Gasteiger partial charge < -0.3 is 14.3 Å². The van der Waals surface area contributed by atoms with E-state index in [0.29, 0.717) is 35.8 Å². The number of nitrogens with zero attached hydrogens (tertiary/aromatic N) is 3. The fourth-order valence-electron chi connectivity index (χ4n) is 2.97. The highest BCUT2D eigenvalue weighted by Crippen LogP contribution is 2.17. The van der Waals surface area contributed by atoms with E-state index in [1.54, 1.807) is 31.2 Å². The SMILES string of the molecule is C[C@@H](C(=O)NCCc1noc(-c2ccccc2)n1)n1c(=O)oc2ccccc21. The smallest absolute Gasteiger partial charge is 0.408 e. The summed E-state index contributed by atoms with van der Waals surface area (Å²) in [6.45, 7) is 1.97. The summed E-state index contributed by atoms with van der Waals surface area (Å²) >= 11 is 0. The van der Waals surface area contributed by atoms with Gasteiger partial charge in [0.1, 0.15) is 6.04 Å². The van der Waals surface area contributed by atoms with Crippen LogP contribution in [0.25, 0.3) is 22.6 Å². The van der Waals surface area contributed by atoms with Gasteiger partial charge in [0.25, 0.3) is 5.89 Å². The second-order valence-corrected chi connectivity index (χ2v) is 6.30. The van der Waals surface area contributed by atoms with Crippen LogP contribution in [0.2, 0.25) is 0 Å². The van der Waals surface area contributed by atoms with Crippen molar-refractivity contribution in [2.75, 3.05) is 6.54 Å². The number of hydrogen-bond donors (Lipinski definition) is 1. The molecule has 0 fully saturated rings. The van der Waals surface area contributed by atoms with E-state index in [9.17, 15) is 9.59 Å². The van der Waals surface area contributed by atoms with Gasteiger partial charge in [-0.25, -0.2) is 4.79 Å². The average molecular weight is 378 g/mol. The molecule has 0 unspecified atom stereocenters. The van der Waals surface area contributed by atoms with Crippen LogP contribution in [0.1, 0.15) is 18.8 Å². The Balaban J connectivity index is 1.39. The zero-order valence-electron chi connectivity index (χ0n) is 15.2. The number of amides is 1. The third kappa shape index (κ3) is 3.44. The molecule has 0 spiro atoms. The summed E-state index contributed by atoms with van der Waals surface area (Å²) in [5.41, 5.74) is 1.87. The highest BCUT2D eigenvalue weighted by molar-refractivity contribution is 5.82. The number of hydrogen-bond acceptors (Lipinski definition) is 6. The average Bonchev–Trinajstić information content (AvgIpc) is 3.31. The van der Waals surface area contributed by atoms with Crippen LogP contribution in [0.15, 0.2) is 68.3 Å². The first-order valence-corrected chi connectivity index (χ1v) is 8.89. The summed E-state index contributed by atoms with van der Waals surface area (Å²) in [5, 5.41) is 6.73. The molecular formula is C20H18N4O4. The highest BCUT2D eigenvalue weighted by Gasteiger charge is 2.21. The van der Waals surface area contributed by atoms with E-state index in [1.165, 1.54) is 4.57 Å². The van der Waals surface area contributed by atoms with Crippen molar-refractivity contribution in [1.82, 2.24) is 20.0 Å². The summed E-state index contributed by atoms with van der Waals surface area (Å²) in [6.07, 6.45) is 0.413. The van der Waals surface area contributed by atoms with Crippen LogP contribution in [0.4, 0.5) is 0 Å². The van der Waals surface area contributed by atoms with Crippen LogP contribution in [-0.4, -0.2) is 27.2 Å². The Labute approximate surface area is 159 Å². The molecule has 8 nitrogen and oxygen atoms in total. The molecule has 2 aromatic heterocycles. The van der Waals surface area contributed by atoms with Crippen LogP contribution in [-0.2, 0) is 11.2 Å². The van der Waals surface area contributed by atoms with Crippen molar-refractivity contribution in [3.05, 3.63) is 71.0 Å². The topological polar surface area (TPSA) is 103 Å². The first-order chi connectivity index (χ1) is 13.6.